The van der Waals surface area contributed by atoms with E-state index in [9.17, 15) is 0 Å². The second-order valence-corrected chi connectivity index (χ2v) is 6.78. The third kappa shape index (κ3) is 4.34. The van der Waals surface area contributed by atoms with Gasteiger partial charge in [-0.25, -0.2) is 0 Å². The van der Waals surface area contributed by atoms with E-state index in [1.165, 1.54) is 10.6 Å². The van der Waals surface area contributed by atoms with Crippen molar-refractivity contribution >= 4 is 25.3 Å². The van der Waals surface area contributed by atoms with E-state index >= 15 is 0 Å². The van der Waals surface area contributed by atoms with Gasteiger partial charge in [-0.05, 0) is 30.7 Å². The maximum Gasteiger partial charge on any atom is 0.106 e. The summed E-state index contributed by atoms with van der Waals surface area (Å²) in [4.78, 5) is 12.5. The maximum atomic E-state index is 8.00. The summed E-state index contributed by atoms with van der Waals surface area (Å²) in [6.45, 7) is 2.00. The van der Waals surface area contributed by atoms with E-state index in [1.807, 2.05) is 19.1 Å². The van der Waals surface area contributed by atoms with Crippen LogP contribution in [-0.4, -0.2) is 11.8 Å². The second kappa shape index (κ2) is 8.86. The first-order valence-electron chi connectivity index (χ1n) is 7.00. The van der Waals surface area contributed by atoms with E-state index in [-0.39, 0.29) is 7.92 Å². The van der Waals surface area contributed by atoms with Crippen molar-refractivity contribution in [2.45, 2.75) is 6.16 Å². The lowest BCUT2D eigenvalue weighted by atomic mass is 10.4. The van der Waals surface area contributed by atoms with Crippen LogP contribution in [0.2, 0.25) is 0 Å². The van der Waals surface area contributed by atoms with Crippen LogP contribution in [0.1, 0.15) is 5.69 Å². The quantitative estimate of drug-likeness (QED) is 0.690. The van der Waals surface area contributed by atoms with E-state index < -0.39 is 0 Å². The lowest BCUT2D eigenvalue weighted by molar-refractivity contribution is -0.0979. The molecule has 0 aliphatic heterocycles. The molecule has 0 saturated heterocycles. The standard InChI is InChI=1S/C18H16NP.CH2O/c1-3-10-17(11-4-1)20(18-12-5-2-6-13-18)15-16-9-7-8-14-19-16;1-2/h1-14H,15H2;1H2. The minimum atomic E-state index is -0.390. The maximum absolute atomic E-state index is 8.00. The topological polar surface area (TPSA) is 30.0 Å². The van der Waals surface area contributed by atoms with Crippen molar-refractivity contribution in [3.63, 3.8) is 0 Å². The second-order valence-electron chi connectivity index (χ2n) is 4.58. The molecular formula is C19H18NOP. The van der Waals surface area contributed by atoms with E-state index in [0.717, 1.165) is 11.9 Å². The van der Waals surface area contributed by atoms with Crippen molar-refractivity contribution in [1.29, 1.82) is 0 Å². The predicted octanol–water partition coefficient (Wildman–Crippen LogP) is 3.53. The summed E-state index contributed by atoms with van der Waals surface area (Å²) in [5, 5.41) is 2.80. The average Bonchev–Trinajstić information content (AvgIpc) is 2.64. The molecule has 110 valence electrons. The molecule has 3 rings (SSSR count). The summed E-state index contributed by atoms with van der Waals surface area (Å²) < 4.78 is 0. The van der Waals surface area contributed by atoms with Crippen LogP contribution in [0.5, 0.6) is 0 Å². The zero-order valence-corrected chi connectivity index (χ0v) is 13.2. The molecule has 0 aliphatic rings. The predicted molar refractivity (Wildman–Crippen MR) is 94.1 cm³/mol. The normalized spacial score (nSPS) is 9.86. The SMILES string of the molecule is C=O.c1ccc(P(Cc2ccccn2)c2ccccc2)cc1. The zero-order chi connectivity index (χ0) is 15.6. The first kappa shape index (κ1) is 16.1. The Kier molecular flexibility index (Phi) is 6.47. The van der Waals surface area contributed by atoms with Gasteiger partial charge < -0.3 is 4.79 Å². The van der Waals surface area contributed by atoms with Gasteiger partial charge in [0, 0.05) is 18.1 Å². The number of aromatic nitrogens is 1. The van der Waals surface area contributed by atoms with E-state index in [0.29, 0.717) is 0 Å². The van der Waals surface area contributed by atoms with Crippen LogP contribution < -0.4 is 10.6 Å². The Morgan fingerprint density at radius 2 is 1.23 bits per heavy atom. The molecule has 0 saturated carbocycles. The number of rotatable bonds is 4. The highest BCUT2D eigenvalue weighted by atomic mass is 31.1. The first-order chi connectivity index (χ1) is 10.9. The minimum absolute atomic E-state index is 0.390. The van der Waals surface area contributed by atoms with Gasteiger partial charge in [-0.1, -0.05) is 66.7 Å². The first-order valence-corrected chi connectivity index (χ1v) is 8.52. The highest BCUT2D eigenvalue weighted by Crippen LogP contribution is 2.36. The number of pyridine rings is 1. The molecular weight excluding hydrogens is 289 g/mol. The summed E-state index contributed by atoms with van der Waals surface area (Å²) >= 11 is 0. The van der Waals surface area contributed by atoms with Crippen LogP contribution in [0, 0.1) is 0 Å². The van der Waals surface area contributed by atoms with Gasteiger partial charge in [0.15, 0.2) is 0 Å². The number of hydrogen-bond donors (Lipinski definition) is 0. The third-order valence-corrected chi connectivity index (χ3v) is 5.67. The summed E-state index contributed by atoms with van der Waals surface area (Å²) in [6.07, 6.45) is 2.86. The van der Waals surface area contributed by atoms with Gasteiger partial charge in [-0.15, -0.1) is 0 Å². The van der Waals surface area contributed by atoms with Gasteiger partial charge in [0.1, 0.15) is 6.79 Å². The van der Waals surface area contributed by atoms with Crippen molar-refractivity contribution in [1.82, 2.24) is 4.98 Å². The molecule has 0 amide bonds. The highest BCUT2D eigenvalue weighted by Gasteiger charge is 2.14. The minimum Gasteiger partial charge on any atom is -0.307 e. The molecule has 2 aromatic carbocycles. The smallest absolute Gasteiger partial charge is 0.106 e. The molecule has 0 fully saturated rings. The Labute approximate surface area is 132 Å². The van der Waals surface area contributed by atoms with Crippen LogP contribution in [0.4, 0.5) is 0 Å². The molecule has 3 heteroatoms. The molecule has 3 aromatic rings. The van der Waals surface area contributed by atoms with Gasteiger partial charge in [-0.2, -0.15) is 0 Å². The molecule has 0 bridgehead atoms. The largest absolute Gasteiger partial charge is 0.307 e. The molecule has 0 radical (unpaired) electrons. The molecule has 0 N–H and O–H groups in total. The molecule has 1 aromatic heterocycles. The van der Waals surface area contributed by atoms with Gasteiger partial charge in [0.2, 0.25) is 0 Å². The Bertz CT molecular complexity index is 619. The van der Waals surface area contributed by atoms with Crippen molar-refractivity contribution in [3.05, 3.63) is 90.8 Å². The van der Waals surface area contributed by atoms with Crippen LogP contribution in [0.25, 0.3) is 0 Å². The van der Waals surface area contributed by atoms with E-state index in [4.69, 9.17) is 4.79 Å². The van der Waals surface area contributed by atoms with Crippen LogP contribution in [-0.2, 0) is 11.0 Å². The number of carbonyl (C=O) groups is 1. The fourth-order valence-corrected chi connectivity index (χ4v) is 4.44. The molecule has 0 unspecified atom stereocenters. The Balaban J connectivity index is 0.000000847. The third-order valence-electron chi connectivity index (χ3n) is 3.18. The van der Waals surface area contributed by atoms with Crippen molar-refractivity contribution < 1.29 is 4.79 Å². The molecule has 0 spiro atoms. The highest BCUT2D eigenvalue weighted by molar-refractivity contribution is 7.72. The molecule has 0 aliphatic carbocycles. The lowest BCUT2D eigenvalue weighted by Gasteiger charge is -2.18. The summed E-state index contributed by atoms with van der Waals surface area (Å²) in [7, 11) is -0.390. The van der Waals surface area contributed by atoms with E-state index in [1.54, 1.807) is 0 Å². The average molecular weight is 307 g/mol. The number of benzene rings is 2. The van der Waals surface area contributed by atoms with Gasteiger partial charge >= 0.3 is 0 Å². The van der Waals surface area contributed by atoms with Crippen LogP contribution in [0.15, 0.2) is 85.1 Å². The number of nitrogens with zero attached hydrogens (tertiary/aromatic N) is 1. The molecule has 2 nitrogen and oxygen atoms in total. The zero-order valence-electron chi connectivity index (χ0n) is 12.3. The van der Waals surface area contributed by atoms with Crippen molar-refractivity contribution in [3.8, 4) is 0 Å². The lowest BCUT2D eigenvalue weighted by Crippen LogP contribution is -2.13. The van der Waals surface area contributed by atoms with Gasteiger partial charge in [0.25, 0.3) is 0 Å². The van der Waals surface area contributed by atoms with Crippen LogP contribution >= 0.6 is 7.92 Å². The Morgan fingerprint density at radius 1 is 0.727 bits per heavy atom. The molecule has 1 heterocycles. The Morgan fingerprint density at radius 3 is 1.68 bits per heavy atom. The number of carbonyl (C=O) groups excluding carboxylic acids is 1. The molecule has 22 heavy (non-hydrogen) atoms. The van der Waals surface area contributed by atoms with Crippen molar-refractivity contribution in [2.24, 2.45) is 0 Å². The fourth-order valence-electron chi connectivity index (χ4n) is 2.20. The summed E-state index contributed by atoms with van der Waals surface area (Å²) in [5.74, 6) is 0. The van der Waals surface area contributed by atoms with Crippen LogP contribution in [0.3, 0.4) is 0 Å². The number of hydrogen-bond acceptors (Lipinski definition) is 2. The summed E-state index contributed by atoms with van der Waals surface area (Å²) in [5.41, 5.74) is 1.16. The van der Waals surface area contributed by atoms with Crippen molar-refractivity contribution in [2.75, 3.05) is 0 Å². The fraction of sp³-hybridized carbons (Fsp3) is 0.0526. The van der Waals surface area contributed by atoms with Gasteiger partial charge in [0.05, 0.1) is 0 Å². The summed E-state index contributed by atoms with van der Waals surface area (Å²) in [6, 6.07) is 27.7. The van der Waals surface area contributed by atoms with Gasteiger partial charge in [-0.3, -0.25) is 4.98 Å². The molecule has 0 atom stereocenters. The monoisotopic (exact) mass is 307 g/mol. The Hall–Kier alpha value is -2.31. The van der Waals surface area contributed by atoms with E-state index in [2.05, 4.69) is 77.8 Å².